The fraction of sp³-hybridized carbons (Fsp3) is 0.364. The highest BCUT2D eigenvalue weighted by atomic mass is 16.6. The molecule has 1 aliphatic rings. The molecule has 2 aromatic rings. The molecule has 7 nitrogen and oxygen atoms in total. The third-order valence-electron chi connectivity index (χ3n) is 4.72. The summed E-state index contributed by atoms with van der Waals surface area (Å²) < 4.78 is 16.6. The lowest BCUT2D eigenvalue weighted by Crippen LogP contribution is -2.40. The second-order valence-corrected chi connectivity index (χ2v) is 6.59. The number of amides is 1. The molecular formula is C22H26N2O5. The number of carbonyl (C=O) groups is 2. The number of carbonyl (C=O) groups excluding carboxylic acids is 2. The number of rotatable bonds is 8. The maximum Gasteiger partial charge on any atom is 0.338 e. The van der Waals surface area contributed by atoms with Crippen molar-refractivity contribution in [1.29, 1.82) is 0 Å². The van der Waals surface area contributed by atoms with Gasteiger partial charge in [0.05, 0.1) is 5.56 Å². The minimum atomic E-state index is -0.741. The van der Waals surface area contributed by atoms with Crippen LogP contribution in [0.5, 0.6) is 11.5 Å². The summed E-state index contributed by atoms with van der Waals surface area (Å²) >= 11 is 0. The zero-order valence-electron chi connectivity index (χ0n) is 16.7. The van der Waals surface area contributed by atoms with E-state index in [0.717, 1.165) is 13.1 Å². The van der Waals surface area contributed by atoms with Gasteiger partial charge < -0.3 is 24.4 Å². The lowest BCUT2D eigenvalue weighted by Gasteiger charge is -2.25. The van der Waals surface area contributed by atoms with E-state index in [0.29, 0.717) is 35.9 Å². The van der Waals surface area contributed by atoms with Crippen LogP contribution in [0.25, 0.3) is 0 Å². The lowest BCUT2D eigenvalue weighted by atomic mass is 10.2. The monoisotopic (exact) mass is 398 g/mol. The first-order valence-corrected chi connectivity index (χ1v) is 9.79. The molecule has 154 valence electrons. The van der Waals surface area contributed by atoms with Gasteiger partial charge in [0.2, 0.25) is 6.10 Å². The quantitative estimate of drug-likeness (QED) is 0.689. The topological polar surface area (TPSA) is 77.1 Å². The van der Waals surface area contributed by atoms with Crippen LogP contribution in [0.15, 0.2) is 48.5 Å². The molecule has 1 N–H and O–H groups in total. The summed E-state index contributed by atoms with van der Waals surface area (Å²) in [6, 6.07) is 13.8. The smallest absolute Gasteiger partial charge is 0.338 e. The zero-order valence-corrected chi connectivity index (χ0v) is 16.7. The van der Waals surface area contributed by atoms with Crippen LogP contribution in [-0.4, -0.2) is 55.7 Å². The number of benzene rings is 2. The van der Waals surface area contributed by atoms with Crippen molar-refractivity contribution in [2.24, 2.45) is 0 Å². The second kappa shape index (κ2) is 9.93. The van der Waals surface area contributed by atoms with Gasteiger partial charge in [0.15, 0.2) is 11.5 Å². The Morgan fingerprint density at radius 3 is 2.45 bits per heavy atom. The highest BCUT2D eigenvalue weighted by Crippen LogP contribution is 2.31. The van der Waals surface area contributed by atoms with Gasteiger partial charge >= 0.3 is 5.97 Å². The van der Waals surface area contributed by atoms with Crippen LogP contribution in [0.4, 0.5) is 5.69 Å². The second-order valence-electron chi connectivity index (χ2n) is 6.59. The average Bonchev–Trinajstić information content (AvgIpc) is 2.76. The molecule has 2 aromatic carbocycles. The molecule has 0 spiro atoms. The number of fused-ring (bicyclic) bond motifs is 1. The number of anilines is 1. The number of ether oxygens (including phenoxy) is 3. The van der Waals surface area contributed by atoms with E-state index in [1.807, 2.05) is 12.1 Å². The lowest BCUT2D eigenvalue weighted by molar-refractivity contribution is -0.125. The Labute approximate surface area is 170 Å². The summed E-state index contributed by atoms with van der Waals surface area (Å²) in [5.41, 5.74) is 1.01. The fourth-order valence-corrected chi connectivity index (χ4v) is 2.95. The van der Waals surface area contributed by atoms with Crippen LogP contribution in [0.1, 0.15) is 24.2 Å². The van der Waals surface area contributed by atoms with E-state index in [9.17, 15) is 9.59 Å². The van der Waals surface area contributed by atoms with E-state index in [1.165, 1.54) is 0 Å². The first-order valence-electron chi connectivity index (χ1n) is 9.79. The molecule has 1 unspecified atom stereocenters. The van der Waals surface area contributed by atoms with Crippen molar-refractivity contribution < 1.29 is 23.8 Å². The molecule has 1 amide bonds. The number of nitrogens with zero attached hydrogens (tertiary/aromatic N) is 1. The van der Waals surface area contributed by atoms with E-state index in [4.69, 9.17) is 14.2 Å². The van der Waals surface area contributed by atoms with Crippen LogP contribution in [-0.2, 0) is 9.53 Å². The van der Waals surface area contributed by atoms with Crippen molar-refractivity contribution in [3.63, 3.8) is 0 Å². The highest BCUT2D eigenvalue weighted by Gasteiger charge is 2.27. The summed E-state index contributed by atoms with van der Waals surface area (Å²) in [5.74, 6) is 0.479. The summed E-state index contributed by atoms with van der Waals surface area (Å²) in [6.45, 7) is 7.18. The molecular weight excluding hydrogens is 372 g/mol. The minimum absolute atomic E-state index is 0.139. The molecule has 1 heterocycles. The molecule has 0 bridgehead atoms. The molecule has 0 radical (unpaired) electrons. The Hall–Kier alpha value is -3.06. The van der Waals surface area contributed by atoms with Crippen LogP contribution in [0, 0.1) is 0 Å². The van der Waals surface area contributed by atoms with Crippen molar-refractivity contribution in [3.8, 4) is 11.5 Å². The van der Waals surface area contributed by atoms with Crippen LogP contribution >= 0.6 is 0 Å². The molecule has 29 heavy (non-hydrogen) atoms. The summed E-state index contributed by atoms with van der Waals surface area (Å²) in [6.07, 6.45) is -0.741. The summed E-state index contributed by atoms with van der Waals surface area (Å²) in [4.78, 5) is 26.8. The van der Waals surface area contributed by atoms with Crippen molar-refractivity contribution in [2.45, 2.75) is 20.0 Å². The van der Waals surface area contributed by atoms with Gasteiger partial charge in [0.25, 0.3) is 5.91 Å². The number of hydrogen-bond donors (Lipinski definition) is 1. The maximum absolute atomic E-state index is 12.4. The molecule has 0 aliphatic carbocycles. The van der Waals surface area contributed by atoms with Gasteiger partial charge in [-0.2, -0.15) is 0 Å². The molecule has 1 aliphatic heterocycles. The van der Waals surface area contributed by atoms with Gasteiger partial charge in [-0.15, -0.1) is 0 Å². The fourth-order valence-electron chi connectivity index (χ4n) is 2.95. The first kappa shape index (κ1) is 20.7. The Kier molecular flexibility index (Phi) is 7.08. The van der Waals surface area contributed by atoms with E-state index in [1.54, 1.807) is 36.4 Å². The third-order valence-corrected chi connectivity index (χ3v) is 4.72. The van der Waals surface area contributed by atoms with Crippen LogP contribution in [0.2, 0.25) is 0 Å². The van der Waals surface area contributed by atoms with Gasteiger partial charge in [-0.3, -0.25) is 4.79 Å². The van der Waals surface area contributed by atoms with E-state index in [2.05, 4.69) is 24.1 Å². The van der Waals surface area contributed by atoms with E-state index in [-0.39, 0.29) is 18.5 Å². The van der Waals surface area contributed by atoms with E-state index < -0.39 is 6.10 Å². The van der Waals surface area contributed by atoms with Crippen molar-refractivity contribution in [2.75, 3.05) is 38.2 Å². The molecule has 1 atom stereocenters. The maximum atomic E-state index is 12.4. The third kappa shape index (κ3) is 5.48. The standard InChI is InChI=1S/C22H26N2O5/c1-3-24(4-2)13-14-27-22(26)16-9-11-17(12-10-16)23-21(25)20-15-28-18-7-5-6-8-19(18)29-20/h5-12,20H,3-4,13-15H2,1-2H3,(H,23,25). The van der Waals surface area contributed by atoms with E-state index >= 15 is 0 Å². The normalized spacial score (nSPS) is 15.1. The van der Waals surface area contributed by atoms with Crippen molar-refractivity contribution in [1.82, 2.24) is 4.90 Å². The van der Waals surface area contributed by atoms with Gasteiger partial charge in [0.1, 0.15) is 13.2 Å². The number of para-hydroxylation sites is 2. The number of likely N-dealkylation sites (N-methyl/N-ethyl adjacent to an activating group) is 1. The number of hydrogen-bond acceptors (Lipinski definition) is 6. The largest absolute Gasteiger partial charge is 0.485 e. The molecule has 0 fully saturated rings. The van der Waals surface area contributed by atoms with Crippen LogP contribution in [0.3, 0.4) is 0 Å². The average molecular weight is 398 g/mol. The number of esters is 1. The Bertz CT molecular complexity index is 833. The van der Waals surface area contributed by atoms with Gasteiger partial charge in [-0.25, -0.2) is 4.79 Å². The van der Waals surface area contributed by atoms with Crippen LogP contribution < -0.4 is 14.8 Å². The van der Waals surface area contributed by atoms with Gasteiger partial charge in [0, 0.05) is 12.2 Å². The van der Waals surface area contributed by atoms with Crippen molar-refractivity contribution >= 4 is 17.6 Å². The predicted molar refractivity (Wildman–Crippen MR) is 109 cm³/mol. The van der Waals surface area contributed by atoms with Gasteiger partial charge in [-0.05, 0) is 49.5 Å². The molecule has 0 saturated carbocycles. The predicted octanol–water partition coefficient (Wildman–Crippen LogP) is 2.96. The van der Waals surface area contributed by atoms with Crippen molar-refractivity contribution in [3.05, 3.63) is 54.1 Å². The Morgan fingerprint density at radius 1 is 1.07 bits per heavy atom. The molecule has 3 rings (SSSR count). The SMILES string of the molecule is CCN(CC)CCOC(=O)c1ccc(NC(=O)C2COc3ccccc3O2)cc1. The Balaban J connectivity index is 1.50. The zero-order chi connectivity index (χ0) is 20.6. The minimum Gasteiger partial charge on any atom is -0.485 e. The summed E-state index contributed by atoms with van der Waals surface area (Å²) in [5, 5.41) is 2.78. The molecule has 0 aromatic heterocycles. The Morgan fingerprint density at radius 2 is 1.76 bits per heavy atom. The molecule has 0 saturated heterocycles. The summed E-state index contributed by atoms with van der Waals surface area (Å²) in [7, 11) is 0. The van der Waals surface area contributed by atoms with Gasteiger partial charge in [-0.1, -0.05) is 26.0 Å². The first-order chi connectivity index (χ1) is 14.1. The number of nitrogens with one attached hydrogen (secondary N) is 1. The molecule has 7 heteroatoms. The highest BCUT2D eigenvalue weighted by molar-refractivity contribution is 5.95.